The number of allylic oxidation sites excluding steroid dienone is 4. The molecule has 0 radical (unpaired) electrons. The molecule has 1 atom stereocenters. The number of carbonyl (C=O) groups is 1. The summed E-state index contributed by atoms with van der Waals surface area (Å²) in [5.74, 6) is 1.35. The number of hydrogen-bond acceptors (Lipinski definition) is 3. The van der Waals surface area contributed by atoms with Crippen LogP contribution < -0.4 is 0 Å². The number of fused-ring (bicyclic) bond motifs is 1. The van der Waals surface area contributed by atoms with E-state index < -0.39 is 0 Å². The summed E-state index contributed by atoms with van der Waals surface area (Å²) in [5, 5.41) is 0. The van der Waals surface area contributed by atoms with Crippen molar-refractivity contribution in [3.63, 3.8) is 0 Å². The Hall–Kier alpha value is -1.51. The second-order valence-corrected chi connectivity index (χ2v) is 4.05. The van der Waals surface area contributed by atoms with Crippen molar-refractivity contribution in [2.75, 3.05) is 7.11 Å². The highest BCUT2D eigenvalue weighted by molar-refractivity contribution is 5.72. The van der Waals surface area contributed by atoms with Crippen molar-refractivity contribution in [1.82, 2.24) is 0 Å². The lowest BCUT2D eigenvalue weighted by atomic mass is 9.82. The van der Waals surface area contributed by atoms with Crippen molar-refractivity contribution in [2.24, 2.45) is 5.41 Å². The highest BCUT2D eigenvalue weighted by Crippen LogP contribution is 2.44. The maximum absolute atomic E-state index is 11.1. The monoisotopic (exact) mass is 206 g/mol. The van der Waals surface area contributed by atoms with Gasteiger partial charge in [0, 0.05) is 0 Å². The molecule has 0 aromatic carbocycles. The highest BCUT2D eigenvalue weighted by atomic mass is 16.5. The molecule has 1 aliphatic heterocycles. The molecular weight excluding hydrogens is 192 g/mol. The van der Waals surface area contributed by atoms with Gasteiger partial charge in [-0.15, -0.1) is 0 Å². The molecule has 0 unspecified atom stereocenters. The van der Waals surface area contributed by atoms with Gasteiger partial charge in [-0.25, -0.2) is 0 Å². The van der Waals surface area contributed by atoms with Gasteiger partial charge in [0.2, 0.25) is 0 Å². The quantitative estimate of drug-likeness (QED) is 0.650. The van der Waals surface area contributed by atoms with E-state index >= 15 is 0 Å². The zero-order valence-electron chi connectivity index (χ0n) is 8.95. The van der Waals surface area contributed by atoms with E-state index in [0.717, 1.165) is 12.2 Å². The third kappa shape index (κ3) is 1.82. The summed E-state index contributed by atoms with van der Waals surface area (Å²) in [5.41, 5.74) is -0.0713. The zero-order chi connectivity index (χ0) is 10.9. The molecule has 3 nitrogen and oxygen atoms in total. The van der Waals surface area contributed by atoms with Gasteiger partial charge in [-0.1, -0.05) is 12.2 Å². The van der Waals surface area contributed by atoms with Gasteiger partial charge in [0.05, 0.1) is 12.5 Å². The third-order valence-electron chi connectivity index (χ3n) is 2.76. The van der Waals surface area contributed by atoms with Gasteiger partial charge in [-0.3, -0.25) is 4.79 Å². The van der Waals surface area contributed by atoms with Crippen LogP contribution in [0.4, 0.5) is 0 Å². The second kappa shape index (κ2) is 3.57. The molecule has 80 valence electrons. The normalized spacial score (nSPS) is 27.6. The van der Waals surface area contributed by atoms with E-state index in [0.29, 0.717) is 5.76 Å². The summed E-state index contributed by atoms with van der Waals surface area (Å²) >= 11 is 0. The van der Waals surface area contributed by atoms with E-state index in [2.05, 4.69) is 17.7 Å². The average Bonchev–Trinajstić information content (AvgIpc) is 2.53. The first-order valence-electron chi connectivity index (χ1n) is 4.98. The average molecular weight is 206 g/mol. The number of rotatable bonds is 2. The zero-order valence-corrected chi connectivity index (χ0v) is 8.95. The van der Waals surface area contributed by atoms with Crippen LogP contribution in [-0.4, -0.2) is 13.1 Å². The topological polar surface area (TPSA) is 35.5 Å². The molecule has 1 heterocycles. The van der Waals surface area contributed by atoms with E-state index in [-0.39, 0.29) is 17.8 Å². The Labute approximate surface area is 89.1 Å². The summed E-state index contributed by atoms with van der Waals surface area (Å²) in [4.78, 5) is 11.1. The molecule has 0 saturated heterocycles. The van der Waals surface area contributed by atoms with E-state index in [1.165, 1.54) is 7.11 Å². The minimum atomic E-state index is -0.267. The molecule has 0 fully saturated rings. The fourth-order valence-corrected chi connectivity index (χ4v) is 1.87. The molecule has 0 saturated carbocycles. The van der Waals surface area contributed by atoms with Crippen LogP contribution in [0.3, 0.4) is 0 Å². The lowest BCUT2D eigenvalue weighted by Gasteiger charge is -2.22. The molecule has 2 rings (SSSR count). The standard InChI is InChI=1S/C12H14O3/c1-12-6-4-3-5-10(12)15-9(8-12)7-11(13)14-2/h3-5,8H,6-7H2,1-2H3/t12-/m1/s1. The van der Waals surface area contributed by atoms with Gasteiger partial charge in [0.1, 0.15) is 17.9 Å². The Morgan fingerprint density at radius 1 is 1.67 bits per heavy atom. The van der Waals surface area contributed by atoms with E-state index in [9.17, 15) is 4.79 Å². The van der Waals surface area contributed by atoms with Gasteiger partial charge < -0.3 is 9.47 Å². The molecular formula is C12H14O3. The Morgan fingerprint density at radius 2 is 2.47 bits per heavy atom. The number of carbonyl (C=O) groups excluding carboxylic acids is 1. The highest BCUT2D eigenvalue weighted by Gasteiger charge is 2.36. The molecule has 0 bridgehead atoms. The molecule has 0 amide bonds. The Morgan fingerprint density at radius 3 is 3.13 bits per heavy atom. The van der Waals surface area contributed by atoms with Gasteiger partial charge in [-0.2, -0.15) is 0 Å². The van der Waals surface area contributed by atoms with Gasteiger partial charge in [0.15, 0.2) is 0 Å². The number of esters is 1. The van der Waals surface area contributed by atoms with Crippen molar-refractivity contribution >= 4 is 5.97 Å². The first-order valence-corrected chi connectivity index (χ1v) is 4.98. The van der Waals surface area contributed by atoms with E-state index in [4.69, 9.17) is 4.74 Å². The van der Waals surface area contributed by atoms with Crippen molar-refractivity contribution in [3.8, 4) is 0 Å². The maximum Gasteiger partial charge on any atom is 0.313 e. The fraction of sp³-hybridized carbons (Fsp3) is 0.417. The lowest BCUT2D eigenvalue weighted by Crippen LogP contribution is -2.13. The second-order valence-electron chi connectivity index (χ2n) is 4.05. The van der Waals surface area contributed by atoms with E-state index in [1.807, 2.05) is 18.2 Å². The maximum atomic E-state index is 11.1. The number of hydrogen-bond donors (Lipinski definition) is 0. The van der Waals surface area contributed by atoms with Crippen molar-refractivity contribution in [1.29, 1.82) is 0 Å². The Kier molecular flexibility index (Phi) is 2.39. The van der Waals surface area contributed by atoms with Crippen LogP contribution in [0.5, 0.6) is 0 Å². The molecule has 3 heteroatoms. The Bertz CT molecular complexity index is 376. The smallest absolute Gasteiger partial charge is 0.313 e. The predicted octanol–water partition coefficient (Wildman–Crippen LogP) is 2.31. The van der Waals surface area contributed by atoms with Gasteiger partial charge >= 0.3 is 5.97 Å². The Balaban J connectivity index is 2.13. The molecule has 0 N–H and O–H groups in total. The lowest BCUT2D eigenvalue weighted by molar-refractivity contribution is -0.140. The van der Waals surface area contributed by atoms with Gasteiger partial charge in [0.25, 0.3) is 0 Å². The van der Waals surface area contributed by atoms with Crippen LogP contribution in [0.1, 0.15) is 19.8 Å². The summed E-state index contributed by atoms with van der Waals surface area (Å²) in [6, 6.07) is 0. The van der Waals surface area contributed by atoms with Crippen LogP contribution in [0.15, 0.2) is 35.8 Å². The minimum absolute atomic E-state index is 0.0713. The molecule has 2 aliphatic rings. The summed E-state index contributed by atoms with van der Waals surface area (Å²) < 4.78 is 10.2. The van der Waals surface area contributed by atoms with Crippen LogP contribution in [0, 0.1) is 5.41 Å². The summed E-state index contributed by atoms with van der Waals surface area (Å²) in [7, 11) is 1.38. The number of methoxy groups -OCH3 is 1. The fourth-order valence-electron chi connectivity index (χ4n) is 1.87. The predicted molar refractivity (Wildman–Crippen MR) is 55.7 cm³/mol. The minimum Gasteiger partial charge on any atom is -0.469 e. The number of ether oxygens (including phenoxy) is 2. The summed E-state index contributed by atoms with van der Waals surface area (Å²) in [6.45, 7) is 2.10. The molecule has 15 heavy (non-hydrogen) atoms. The SMILES string of the molecule is COC(=O)CC1=C[C@@]2(C)CC=CC=C2O1. The van der Waals surface area contributed by atoms with Crippen LogP contribution in [-0.2, 0) is 14.3 Å². The molecule has 1 aliphatic carbocycles. The van der Waals surface area contributed by atoms with Crippen molar-refractivity contribution in [3.05, 3.63) is 35.8 Å². The van der Waals surface area contributed by atoms with Gasteiger partial charge in [-0.05, 0) is 25.5 Å². The third-order valence-corrected chi connectivity index (χ3v) is 2.76. The van der Waals surface area contributed by atoms with Crippen molar-refractivity contribution in [2.45, 2.75) is 19.8 Å². The first-order chi connectivity index (χ1) is 7.14. The molecule has 0 aromatic heterocycles. The van der Waals surface area contributed by atoms with Crippen molar-refractivity contribution < 1.29 is 14.3 Å². The summed E-state index contributed by atoms with van der Waals surface area (Å²) in [6.07, 6.45) is 9.17. The van der Waals surface area contributed by atoms with E-state index in [1.54, 1.807) is 0 Å². The first kappa shape index (κ1) is 10.0. The van der Waals surface area contributed by atoms with Crippen LogP contribution in [0.2, 0.25) is 0 Å². The molecule has 0 spiro atoms. The van der Waals surface area contributed by atoms with Crippen LogP contribution in [0.25, 0.3) is 0 Å². The molecule has 0 aromatic rings. The largest absolute Gasteiger partial charge is 0.469 e. The van der Waals surface area contributed by atoms with Crippen LogP contribution >= 0.6 is 0 Å².